The average Bonchev–Trinajstić information content (AvgIpc) is 1.98. The fraction of sp³-hybridized carbons (Fsp3) is 0.800. The van der Waals surface area contributed by atoms with Crippen LogP contribution in [0.1, 0.15) is 26.5 Å². The van der Waals surface area contributed by atoms with Crippen molar-refractivity contribution in [2.24, 2.45) is 0 Å². The van der Waals surface area contributed by atoms with Crippen LogP contribution < -0.4 is 0 Å². The summed E-state index contributed by atoms with van der Waals surface area (Å²) < 4.78 is 40.5. The maximum Gasteiger partial charge on any atom is 0.210 e. The lowest BCUT2D eigenvalue weighted by Crippen LogP contribution is -1.91. The zero-order chi connectivity index (χ0) is 10.7. The van der Waals surface area contributed by atoms with Crippen LogP contribution in [-0.4, -0.2) is 18.9 Å². The Hall–Kier alpha value is -0.370. The first kappa shape index (κ1) is 1.55. The van der Waals surface area contributed by atoms with E-state index in [0.29, 0.717) is 0 Å². The number of aliphatic hydroxyl groups excluding tert-OH is 1. The third-order valence-corrected chi connectivity index (χ3v) is 0.388. The quantitative estimate of drug-likeness (QED) is 0.564. The molecule has 0 aliphatic heterocycles. The number of aliphatic hydroxyl groups is 1. The summed E-state index contributed by atoms with van der Waals surface area (Å²) in [5.41, 5.74) is 0. The van der Waals surface area contributed by atoms with Crippen molar-refractivity contribution in [3.63, 3.8) is 0 Å². The smallest absolute Gasteiger partial charge is 0.210 e. The highest BCUT2D eigenvalue weighted by atomic mass is 16.3. The van der Waals surface area contributed by atoms with Crippen LogP contribution in [0, 0.1) is 0 Å². The van der Waals surface area contributed by atoms with Gasteiger partial charge in [0.15, 0.2) is 0 Å². The van der Waals surface area contributed by atoms with Crippen molar-refractivity contribution in [3.05, 3.63) is 0 Å². The number of hydrogen-bond donors (Lipinski definition) is 1. The first-order valence-corrected chi connectivity index (χ1v) is 1.85. The molecule has 0 radical (unpaired) electrons. The summed E-state index contributed by atoms with van der Waals surface area (Å²) in [7, 11) is 0. The van der Waals surface area contributed by atoms with Crippen LogP contribution in [0.15, 0.2) is 0 Å². The van der Waals surface area contributed by atoms with Gasteiger partial charge in [0, 0.05) is 19.8 Å². The van der Waals surface area contributed by atoms with E-state index in [9.17, 15) is 4.79 Å². The Balaban J connectivity index is 4.36. The minimum Gasteiger partial charge on any atom is -0.396 e. The van der Waals surface area contributed by atoms with Gasteiger partial charge in [-0.25, -0.2) is 0 Å². The first-order chi connectivity index (χ1) is 5.72. The summed E-state index contributed by atoms with van der Waals surface area (Å²) in [5, 5.41) is 3.81. The summed E-state index contributed by atoms with van der Waals surface area (Å²) in [6.45, 7) is -3.25. The lowest BCUT2D eigenvalue weighted by Gasteiger charge is -1.86. The van der Waals surface area contributed by atoms with E-state index < -0.39 is 25.4 Å². The molecule has 0 rings (SSSR count). The Bertz CT molecular complexity index is 186. The Labute approximate surface area is 51.7 Å². The Kier molecular flexibility index (Phi) is 0.845. The molecular formula is C5H10O2. The van der Waals surface area contributed by atoms with Gasteiger partial charge in [0.2, 0.25) is 1.43 Å². The van der Waals surface area contributed by atoms with Crippen molar-refractivity contribution in [1.29, 1.82) is 1.43 Å². The number of ketones is 1. The van der Waals surface area contributed by atoms with Gasteiger partial charge in [-0.05, 0) is 13.3 Å². The molecule has 0 aromatic heterocycles. The second-order valence-electron chi connectivity index (χ2n) is 0.960. The molecule has 2 heteroatoms. The minimum absolute atomic E-state index is 0.311. The van der Waals surface area contributed by atoms with Crippen LogP contribution in [0.25, 0.3) is 0 Å². The molecule has 0 bridgehead atoms. The lowest BCUT2D eigenvalue weighted by molar-refractivity contribution is -0.117. The molecule has 0 heterocycles. The summed E-state index contributed by atoms with van der Waals surface area (Å²) in [4.78, 5) is 10.9. The number of hydrogen-bond acceptors (Lipinski definition) is 2. The van der Waals surface area contributed by atoms with Crippen LogP contribution in [0.4, 0.5) is 0 Å². The molecule has 2 nitrogen and oxygen atoms in total. The molecule has 0 amide bonds. The number of rotatable bonds is 4. The molecule has 0 atom stereocenters. The number of carbonyl (C=O) groups is 1. The fourth-order valence-electron chi connectivity index (χ4n) is 0.165. The van der Waals surface area contributed by atoms with Gasteiger partial charge in [-0.15, -0.1) is 0 Å². The first-order valence-electron chi connectivity index (χ1n) is 4.75. The molecule has 0 spiro atoms. The van der Waals surface area contributed by atoms with Gasteiger partial charge in [0.25, 0.3) is 0 Å². The Morgan fingerprint density at radius 3 is 3.71 bits per heavy atom. The molecule has 0 aliphatic carbocycles. The molecule has 0 saturated carbocycles. The molecule has 42 valence electrons. The largest absolute Gasteiger partial charge is 0.396 e. The van der Waals surface area contributed by atoms with Crippen LogP contribution in [0.5, 0.6) is 0 Å². The molecule has 0 unspecified atom stereocenters. The SMILES string of the molecule is [2H]OCCC([2H])([2H])C(=O)C([2H])([2H])[2H]. The van der Waals surface area contributed by atoms with Gasteiger partial charge in [0.1, 0.15) is 5.78 Å². The molecule has 0 aromatic carbocycles. The van der Waals surface area contributed by atoms with E-state index in [0.717, 1.165) is 0 Å². The minimum atomic E-state index is -2.94. The number of carbonyl (C=O) groups excluding carboxylic acids is 1. The molecular weight excluding hydrogens is 92.1 g/mol. The maximum atomic E-state index is 10.9. The molecule has 0 saturated heterocycles. The van der Waals surface area contributed by atoms with E-state index in [-0.39, 0.29) is 6.61 Å². The van der Waals surface area contributed by atoms with Gasteiger partial charge in [-0.3, -0.25) is 0 Å². The zero-order valence-corrected chi connectivity index (χ0v) is 3.73. The highest BCUT2D eigenvalue weighted by Crippen LogP contribution is 1.85. The predicted octanol–water partition coefficient (Wildman–Crippen LogP) is 0.348. The van der Waals surface area contributed by atoms with Crippen LogP contribution in [0.2, 0.25) is 0 Å². The third-order valence-electron chi connectivity index (χ3n) is 0.388. The summed E-state index contributed by atoms with van der Waals surface area (Å²) >= 11 is 0. The van der Waals surface area contributed by atoms with Gasteiger partial charge in [-0.1, -0.05) is 0 Å². The van der Waals surface area contributed by atoms with Crippen LogP contribution >= 0.6 is 0 Å². The van der Waals surface area contributed by atoms with E-state index >= 15 is 0 Å². The second kappa shape index (κ2) is 3.81. The van der Waals surface area contributed by atoms with Gasteiger partial charge >= 0.3 is 0 Å². The van der Waals surface area contributed by atoms with E-state index in [2.05, 4.69) is 5.11 Å². The topological polar surface area (TPSA) is 37.3 Å². The molecule has 0 aliphatic rings. The number of Topliss-reactive ketones (excluding diaryl/α,β-unsaturated/α-hetero) is 1. The summed E-state index contributed by atoms with van der Waals surface area (Å²) in [5.74, 6) is -1.45. The van der Waals surface area contributed by atoms with Crippen molar-refractivity contribution in [1.82, 2.24) is 0 Å². The molecule has 0 fully saturated rings. The molecule has 0 aromatic rings. The zero-order valence-electron chi connectivity index (χ0n) is 9.73. The highest BCUT2D eigenvalue weighted by molar-refractivity contribution is 5.75. The second-order valence-corrected chi connectivity index (χ2v) is 0.960. The van der Waals surface area contributed by atoms with Crippen molar-refractivity contribution < 1.29 is 16.8 Å². The summed E-state index contributed by atoms with van der Waals surface area (Å²) in [6, 6.07) is 0. The molecule has 7 heavy (non-hydrogen) atoms. The Morgan fingerprint density at radius 2 is 3.14 bits per heavy atom. The van der Waals surface area contributed by atoms with Gasteiger partial charge in [0.05, 0.1) is 0 Å². The van der Waals surface area contributed by atoms with Crippen molar-refractivity contribution in [2.75, 3.05) is 6.61 Å². The standard InChI is InChI=1S/C5H10O2/c1-5(7)3-2-4-6/h6H,2-4H2,1H3/i1D3,3D2,6D. The van der Waals surface area contributed by atoms with E-state index in [4.69, 9.17) is 8.28 Å². The van der Waals surface area contributed by atoms with Crippen molar-refractivity contribution in [2.45, 2.75) is 19.6 Å². The van der Waals surface area contributed by atoms with Crippen molar-refractivity contribution in [3.8, 4) is 0 Å². The van der Waals surface area contributed by atoms with Gasteiger partial charge in [-0.2, -0.15) is 0 Å². The van der Waals surface area contributed by atoms with Crippen LogP contribution in [-0.2, 0) is 4.79 Å². The van der Waals surface area contributed by atoms with Crippen molar-refractivity contribution >= 4 is 5.78 Å². The van der Waals surface area contributed by atoms with Gasteiger partial charge < -0.3 is 9.90 Å². The highest BCUT2D eigenvalue weighted by Gasteiger charge is 1.88. The van der Waals surface area contributed by atoms with E-state index in [1.165, 1.54) is 0 Å². The average molecular weight is 108 g/mol. The van der Waals surface area contributed by atoms with Crippen LogP contribution in [0.3, 0.4) is 0 Å². The maximum absolute atomic E-state index is 10.9. The fourth-order valence-corrected chi connectivity index (χ4v) is 0.165. The van der Waals surface area contributed by atoms with E-state index in [1.807, 2.05) is 0 Å². The Morgan fingerprint density at radius 1 is 2.29 bits per heavy atom. The monoisotopic (exact) mass is 108 g/mol. The molecule has 1 N–H and O–H groups in total. The predicted molar refractivity (Wildman–Crippen MR) is 27.0 cm³/mol. The third kappa shape index (κ3) is 5.63. The summed E-state index contributed by atoms with van der Waals surface area (Å²) in [6.07, 6.45) is -2.87. The normalized spacial score (nSPS) is 25.1. The van der Waals surface area contributed by atoms with E-state index in [1.54, 1.807) is 0 Å². The lowest BCUT2D eigenvalue weighted by atomic mass is 10.2.